The Kier molecular flexibility index (Phi) is 9.01. The molecule has 0 spiro atoms. The van der Waals surface area contributed by atoms with Crippen LogP contribution in [0.2, 0.25) is 0 Å². The van der Waals surface area contributed by atoms with Gasteiger partial charge in [0.1, 0.15) is 11.5 Å². The Balaban J connectivity index is 2.08. The van der Waals surface area contributed by atoms with Gasteiger partial charge in [-0.15, -0.1) is 0 Å². The van der Waals surface area contributed by atoms with Crippen LogP contribution in [-0.4, -0.2) is 32.4 Å². The Hall–Kier alpha value is -2.86. The van der Waals surface area contributed by atoms with Crippen LogP contribution in [0.15, 0.2) is 53.6 Å². The molecule has 6 heteroatoms. The lowest BCUT2D eigenvalue weighted by Gasteiger charge is -2.14. The maximum absolute atomic E-state index is 12.4. The lowest BCUT2D eigenvalue weighted by molar-refractivity contribution is -0.131. The van der Waals surface area contributed by atoms with E-state index in [1.807, 2.05) is 55.5 Å². The summed E-state index contributed by atoms with van der Waals surface area (Å²) >= 11 is 0. The summed E-state index contributed by atoms with van der Waals surface area (Å²) in [5.41, 5.74) is 4.05. The van der Waals surface area contributed by atoms with Gasteiger partial charge in [-0.3, -0.25) is 4.79 Å². The van der Waals surface area contributed by atoms with Crippen LogP contribution in [0.3, 0.4) is 0 Å². The van der Waals surface area contributed by atoms with Crippen LogP contribution in [0.5, 0.6) is 11.5 Å². The molecular weight excluding hydrogens is 356 g/mol. The Morgan fingerprint density at radius 1 is 1.07 bits per heavy atom. The highest BCUT2D eigenvalue weighted by Crippen LogP contribution is 2.24. The number of ether oxygens (including phenoxy) is 3. The molecule has 0 saturated heterocycles. The fourth-order valence-corrected chi connectivity index (χ4v) is 2.51. The van der Waals surface area contributed by atoms with Gasteiger partial charge in [-0.1, -0.05) is 44.2 Å². The van der Waals surface area contributed by atoms with Gasteiger partial charge >= 0.3 is 0 Å². The number of amides is 1. The zero-order valence-electron chi connectivity index (χ0n) is 16.7. The third-order valence-electron chi connectivity index (χ3n) is 3.87. The highest BCUT2D eigenvalue weighted by molar-refractivity contribution is 5.87. The molecule has 28 heavy (non-hydrogen) atoms. The number of methoxy groups -OCH3 is 1. The molecule has 150 valence electrons. The van der Waals surface area contributed by atoms with E-state index >= 15 is 0 Å². The largest absolute Gasteiger partial charge is 0.493 e. The number of hydrazone groups is 1. The standard InChI is InChI=1S/C22H28N2O4/c1-4-13-27-19-12-11-18(20(15-19)28-14-5-2)16-23-24-22(25)21(26-3)17-9-7-6-8-10-17/h6-12,15-16,21H,4-5,13-14H2,1-3H3,(H,24,25)/b23-16-/t21-/m1/s1. The van der Waals surface area contributed by atoms with Crippen molar-refractivity contribution < 1.29 is 19.0 Å². The molecule has 0 unspecified atom stereocenters. The Bertz CT molecular complexity index is 762. The highest BCUT2D eigenvalue weighted by atomic mass is 16.5. The average Bonchev–Trinajstić information content (AvgIpc) is 2.73. The lowest BCUT2D eigenvalue weighted by atomic mass is 10.1. The summed E-state index contributed by atoms with van der Waals surface area (Å²) < 4.78 is 16.8. The summed E-state index contributed by atoms with van der Waals surface area (Å²) in [5.74, 6) is 1.07. The van der Waals surface area contributed by atoms with Crippen molar-refractivity contribution >= 4 is 12.1 Å². The van der Waals surface area contributed by atoms with E-state index in [4.69, 9.17) is 14.2 Å². The van der Waals surface area contributed by atoms with Crippen molar-refractivity contribution in [2.75, 3.05) is 20.3 Å². The second-order valence-electron chi connectivity index (χ2n) is 6.16. The molecule has 0 aromatic heterocycles. The smallest absolute Gasteiger partial charge is 0.273 e. The highest BCUT2D eigenvalue weighted by Gasteiger charge is 2.19. The second-order valence-corrected chi connectivity index (χ2v) is 6.16. The predicted molar refractivity (Wildman–Crippen MR) is 110 cm³/mol. The van der Waals surface area contributed by atoms with Crippen molar-refractivity contribution in [2.24, 2.45) is 5.10 Å². The molecule has 0 saturated carbocycles. The molecule has 2 rings (SSSR count). The van der Waals surface area contributed by atoms with Gasteiger partial charge in [-0.2, -0.15) is 5.10 Å². The van der Waals surface area contributed by atoms with E-state index in [1.165, 1.54) is 7.11 Å². The first kappa shape index (κ1) is 21.4. The fraction of sp³-hybridized carbons (Fsp3) is 0.364. The number of carbonyl (C=O) groups is 1. The van der Waals surface area contributed by atoms with E-state index in [-0.39, 0.29) is 5.91 Å². The number of rotatable bonds is 11. The van der Waals surface area contributed by atoms with E-state index in [9.17, 15) is 4.79 Å². The first-order chi connectivity index (χ1) is 13.7. The molecule has 0 fully saturated rings. The van der Waals surface area contributed by atoms with E-state index in [0.29, 0.717) is 19.0 Å². The average molecular weight is 384 g/mol. The van der Waals surface area contributed by atoms with Gasteiger partial charge in [0.2, 0.25) is 0 Å². The fourth-order valence-electron chi connectivity index (χ4n) is 2.51. The van der Waals surface area contributed by atoms with Crippen LogP contribution in [0, 0.1) is 0 Å². The SMILES string of the molecule is CCCOc1ccc(/C=N\NC(=O)[C@H](OC)c2ccccc2)c(OCCC)c1. The van der Waals surface area contributed by atoms with Crippen molar-refractivity contribution in [1.29, 1.82) is 0 Å². The summed E-state index contributed by atoms with van der Waals surface area (Å²) in [4.78, 5) is 12.4. The second kappa shape index (κ2) is 11.8. The quantitative estimate of drug-likeness (QED) is 0.468. The third-order valence-corrected chi connectivity index (χ3v) is 3.87. The van der Waals surface area contributed by atoms with Gasteiger partial charge in [0.05, 0.1) is 19.4 Å². The normalized spacial score (nSPS) is 12.0. The van der Waals surface area contributed by atoms with E-state index in [1.54, 1.807) is 6.21 Å². The van der Waals surface area contributed by atoms with Gasteiger partial charge in [-0.25, -0.2) is 5.43 Å². The summed E-state index contributed by atoms with van der Waals surface area (Å²) in [5, 5.41) is 4.07. The van der Waals surface area contributed by atoms with Crippen LogP contribution in [0.1, 0.15) is 43.9 Å². The van der Waals surface area contributed by atoms with Crippen molar-refractivity contribution in [3.8, 4) is 11.5 Å². The maximum atomic E-state index is 12.4. The number of hydrogen-bond acceptors (Lipinski definition) is 5. The van der Waals surface area contributed by atoms with Crippen LogP contribution in [0.25, 0.3) is 0 Å². The van der Waals surface area contributed by atoms with Crippen LogP contribution >= 0.6 is 0 Å². The molecular formula is C22H28N2O4. The zero-order chi connectivity index (χ0) is 20.2. The molecule has 0 aliphatic rings. The summed E-state index contributed by atoms with van der Waals surface area (Å²) in [7, 11) is 1.49. The van der Waals surface area contributed by atoms with E-state index in [2.05, 4.69) is 17.5 Å². The minimum Gasteiger partial charge on any atom is -0.493 e. The van der Waals surface area contributed by atoms with Gasteiger partial charge in [0, 0.05) is 18.7 Å². The predicted octanol–water partition coefficient (Wildman–Crippen LogP) is 4.10. The molecule has 0 bridgehead atoms. The minimum absolute atomic E-state index is 0.344. The number of nitrogens with one attached hydrogen (secondary N) is 1. The van der Waals surface area contributed by atoms with Crippen LogP contribution < -0.4 is 14.9 Å². The Morgan fingerprint density at radius 3 is 2.46 bits per heavy atom. The van der Waals surface area contributed by atoms with E-state index in [0.717, 1.165) is 29.7 Å². The number of nitrogens with zero attached hydrogens (tertiary/aromatic N) is 1. The third kappa shape index (κ3) is 6.39. The van der Waals surface area contributed by atoms with Crippen molar-refractivity contribution in [1.82, 2.24) is 5.43 Å². The molecule has 1 amide bonds. The molecule has 2 aromatic rings. The van der Waals surface area contributed by atoms with Gasteiger partial charge in [0.25, 0.3) is 5.91 Å². The molecule has 0 aliphatic carbocycles. The Morgan fingerprint density at radius 2 is 1.79 bits per heavy atom. The zero-order valence-corrected chi connectivity index (χ0v) is 16.7. The topological polar surface area (TPSA) is 69.2 Å². The van der Waals surface area contributed by atoms with Crippen molar-refractivity contribution in [3.05, 3.63) is 59.7 Å². The first-order valence-corrected chi connectivity index (χ1v) is 9.49. The minimum atomic E-state index is -0.723. The molecule has 0 radical (unpaired) electrons. The van der Waals surface area contributed by atoms with Crippen LogP contribution in [-0.2, 0) is 9.53 Å². The van der Waals surface area contributed by atoms with Gasteiger partial charge < -0.3 is 14.2 Å². The lowest BCUT2D eigenvalue weighted by Crippen LogP contribution is -2.26. The number of carbonyl (C=O) groups excluding carboxylic acids is 1. The molecule has 0 heterocycles. The van der Waals surface area contributed by atoms with Crippen molar-refractivity contribution in [2.45, 2.75) is 32.8 Å². The molecule has 0 aliphatic heterocycles. The first-order valence-electron chi connectivity index (χ1n) is 9.49. The summed E-state index contributed by atoms with van der Waals surface area (Å²) in [6, 6.07) is 14.8. The van der Waals surface area contributed by atoms with E-state index < -0.39 is 6.10 Å². The van der Waals surface area contributed by atoms with Gasteiger partial charge in [0.15, 0.2) is 6.10 Å². The number of benzene rings is 2. The number of hydrogen-bond donors (Lipinski definition) is 1. The van der Waals surface area contributed by atoms with Crippen molar-refractivity contribution in [3.63, 3.8) is 0 Å². The summed E-state index contributed by atoms with van der Waals surface area (Å²) in [6.45, 7) is 5.33. The Labute approximate surface area is 166 Å². The van der Waals surface area contributed by atoms with Gasteiger partial charge in [-0.05, 0) is 30.5 Å². The molecule has 6 nitrogen and oxygen atoms in total. The molecule has 1 N–H and O–H groups in total. The maximum Gasteiger partial charge on any atom is 0.273 e. The summed E-state index contributed by atoms with van der Waals surface area (Å²) in [6.07, 6.45) is 2.66. The monoisotopic (exact) mass is 384 g/mol. The van der Waals surface area contributed by atoms with Crippen LogP contribution in [0.4, 0.5) is 0 Å². The molecule has 1 atom stereocenters. The molecule has 2 aromatic carbocycles.